The van der Waals surface area contributed by atoms with Crippen molar-refractivity contribution in [2.75, 3.05) is 27.4 Å². The summed E-state index contributed by atoms with van der Waals surface area (Å²) in [5.41, 5.74) is 5.63. The lowest BCUT2D eigenvalue weighted by Gasteiger charge is -2.11. The van der Waals surface area contributed by atoms with Crippen LogP contribution in [0.1, 0.15) is 0 Å². The average Bonchev–Trinajstić information content (AvgIpc) is 3.40. The molecule has 7 nitrogen and oxygen atoms in total. The van der Waals surface area contributed by atoms with Crippen molar-refractivity contribution in [3.8, 4) is 23.0 Å². The van der Waals surface area contributed by atoms with Crippen molar-refractivity contribution in [3.05, 3.63) is 66.7 Å². The van der Waals surface area contributed by atoms with E-state index < -0.39 is 0 Å². The minimum absolute atomic E-state index is 0.597. The van der Waals surface area contributed by atoms with E-state index >= 15 is 0 Å². The van der Waals surface area contributed by atoms with Gasteiger partial charge in [-0.25, -0.2) is 15.0 Å². The monoisotopic (exact) mass is 427 g/mol. The van der Waals surface area contributed by atoms with Gasteiger partial charge in [0.05, 0.1) is 35.3 Å². The zero-order chi connectivity index (χ0) is 21.9. The molecule has 162 valence electrons. The molecule has 0 saturated carbocycles. The molecule has 0 amide bonds. The summed E-state index contributed by atoms with van der Waals surface area (Å²) in [4.78, 5) is 14.8. The van der Waals surface area contributed by atoms with E-state index in [1.165, 1.54) is 0 Å². The summed E-state index contributed by atoms with van der Waals surface area (Å²) in [6, 6.07) is 22.3. The fourth-order valence-corrected chi connectivity index (χ4v) is 4.04. The fraction of sp³-hybridized carbons (Fsp3) is 0.240. The van der Waals surface area contributed by atoms with E-state index in [9.17, 15) is 0 Å². The molecule has 2 aromatic carbocycles. The van der Waals surface area contributed by atoms with E-state index in [1.807, 2.05) is 54.6 Å². The second-order valence-electron chi connectivity index (χ2n) is 7.55. The Kier molecular flexibility index (Phi) is 5.66. The van der Waals surface area contributed by atoms with Gasteiger partial charge in [-0.1, -0.05) is 30.3 Å². The number of methoxy groups -OCH3 is 2. The molecule has 3 aromatic heterocycles. The van der Waals surface area contributed by atoms with Gasteiger partial charge in [0, 0.05) is 27.3 Å². The molecule has 0 fully saturated rings. The van der Waals surface area contributed by atoms with Crippen LogP contribution in [0.4, 0.5) is 0 Å². The Hall–Kier alpha value is -3.55. The Bertz CT molecular complexity index is 1270. The van der Waals surface area contributed by atoms with Crippen LogP contribution in [0.2, 0.25) is 0 Å². The van der Waals surface area contributed by atoms with Crippen LogP contribution in [0.3, 0.4) is 0 Å². The largest absolute Gasteiger partial charge is 0.383 e. The molecule has 0 aliphatic heterocycles. The molecule has 0 N–H and O–H groups in total. The van der Waals surface area contributed by atoms with Crippen molar-refractivity contribution < 1.29 is 9.47 Å². The lowest BCUT2D eigenvalue weighted by molar-refractivity contribution is 0.188. The molecule has 0 atom stereocenters. The Morgan fingerprint density at radius 1 is 0.594 bits per heavy atom. The van der Waals surface area contributed by atoms with Gasteiger partial charge in [-0.3, -0.25) is 0 Å². The van der Waals surface area contributed by atoms with Crippen molar-refractivity contribution in [2.45, 2.75) is 13.1 Å². The number of benzene rings is 2. The predicted octanol–water partition coefficient (Wildman–Crippen LogP) is 4.41. The second kappa shape index (κ2) is 8.90. The first kappa shape index (κ1) is 20.4. The van der Waals surface area contributed by atoms with E-state index in [0.717, 1.165) is 45.1 Å². The number of pyridine rings is 1. The third kappa shape index (κ3) is 3.66. The Morgan fingerprint density at radius 2 is 1.06 bits per heavy atom. The zero-order valence-corrected chi connectivity index (χ0v) is 18.2. The molecule has 0 aliphatic carbocycles. The molecule has 0 spiro atoms. The summed E-state index contributed by atoms with van der Waals surface area (Å²) in [5.74, 6) is 1.65. The van der Waals surface area contributed by atoms with Crippen molar-refractivity contribution in [3.63, 3.8) is 0 Å². The van der Waals surface area contributed by atoms with Gasteiger partial charge < -0.3 is 18.6 Å². The SMILES string of the molecule is COCCn1c(-c2cccc(-c3nc4ccccc4n3CCOC)n2)nc2ccccc21. The number of para-hydroxylation sites is 4. The van der Waals surface area contributed by atoms with Crippen LogP contribution in [-0.2, 0) is 22.6 Å². The van der Waals surface area contributed by atoms with Gasteiger partial charge in [0.25, 0.3) is 0 Å². The first-order chi connectivity index (χ1) is 15.8. The highest BCUT2D eigenvalue weighted by Gasteiger charge is 2.17. The van der Waals surface area contributed by atoms with E-state index in [4.69, 9.17) is 24.4 Å². The lowest BCUT2D eigenvalue weighted by atomic mass is 10.2. The predicted molar refractivity (Wildman–Crippen MR) is 125 cm³/mol. The molecule has 32 heavy (non-hydrogen) atoms. The van der Waals surface area contributed by atoms with Crippen LogP contribution >= 0.6 is 0 Å². The van der Waals surface area contributed by atoms with Gasteiger partial charge in [-0.2, -0.15) is 0 Å². The molecule has 0 aliphatic rings. The van der Waals surface area contributed by atoms with Crippen LogP contribution in [0.15, 0.2) is 66.7 Å². The third-order valence-electron chi connectivity index (χ3n) is 5.55. The number of rotatable bonds is 8. The van der Waals surface area contributed by atoms with Gasteiger partial charge in [-0.15, -0.1) is 0 Å². The summed E-state index contributed by atoms with van der Waals surface area (Å²) >= 11 is 0. The topological polar surface area (TPSA) is 67.0 Å². The number of fused-ring (bicyclic) bond motifs is 2. The maximum atomic E-state index is 5.34. The highest BCUT2D eigenvalue weighted by atomic mass is 16.5. The summed E-state index contributed by atoms with van der Waals surface area (Å²) in [6.45, 7) is 2.59. The van der Waals surface area contributed by atoms with Crippen LogP contribution in [0.5, 0.6) is 0 Å². The maximum Gasteiger partial charge on any atom is 0.159 e. The zero-order valence-electron chi connectivity index (χ0n) is 18.2. The Balaban J connectivity index is 1.64. The molecule has 0 bridgehead atoms. The third-order valence-corrected chi connectivity index (χ3v) is 5.55. The molecule has 5 aromatic rings. The number of hydrogen-bond donors (Lipinski definition) is 0. The number of nitrogens with zero attached hydrogens (tertiary/aromatic N) is 5. The van der Waals surface area contributed by atoms with Crippen LogP contribution < -0.4 is 0 Å². The van der Waals surface area contributed by atoms with Gasteiger partial charge in [0.1, 0.15) is 11.4 Å². The highest BCUT2D eigenvalue weighted by Crippen LogP contribution is 2.28. The molecule has 0 unspecified atom stereocenters. The molecule has 0 saturated heterocycles. The molecular weight excluding hydrogens is 402 g/mol. The highest BCUT2D eigenvalue weighted by molar-refractivity contribution is 5.82. The van der Waals surface area contributed by atoms with Crippen molar-refractivity contribution in [2.24, 2.45) is 0 Å². The van der Waals surface area contributed by atoms with Gasteiger partial charge in [0.2, 0.25) is 0 Å². The van der Waals surface area contributed by atoms with Gasteiger partial charge in [0.15, 0.2) is 11.6 Å². The Labute approximate surface area is 186 Å². The second-order valence-corrected chi connectivity index (χ2v) is 7.55. The smallest absolute Gasteiger partial charge is 0.159 e. The van der Waals surface area contributed by atoms with Crippen LogP contribution in [0.25, 0.3) is 45.1 Å². The maximum absolute atomic E-state index is 5.34. The van der Waals surface area contributed by atoms with Crippen LogP contribution in [0, 0.1) is 0 Å². The normalized spacial score (nSPS) is 11.6. The molecule has 7 heteroatoms. The molecule has 5 rings (SSSR count). The lowest BCUT2D eigenvalue weighted by Crippen LogP contribution is -2.08. The minimum atomic E-state index is 0.597. The molecule has 0 radical (unpaired) electrons. The van der Waals surface area contributed by atoms with Crippen molar-refractivity contribution >= 4 is 22.1 Å². The number of ether oxygens (including phenoxy) is 2. The van der Waals surface area contributed by atoms with Gasteiger partial charge in [-0.05, 0) is 36.4 Å². The standard InChI is InChI=1S/C25H25N5O2/c1-31-16-14-29-22-12-5-3-8-18(22)27-24(29)20-10-7-11-21(26-20)25-28-19-9-4-6-13-23(19)30(25)15-17-32-2/h3-13H,14-17H2,1-2H3. The summed E-state index contributed by atoms with van der Waals surface area (Å²) in [6.07, 6.45) is 0. The first-order valence-electron chi connectivity index (χ1n) is 10.7. The van der Waals surface area contributed by atoms with Crippen molar-refractivity contribution in [1.29, 1.82) is 0 Å². The molecule has 3 heterocycles. The van der Waals surface area contributed by atoms with E-state index in [1.54, 1.807) is 14.2 Å². The van der Waals surface area contributed by atoms with Gasteiger partial charge >= 0.3 is 0 Å². The number of imidazole rings is 2. The van der Waals surface area contributed by atoms with Crippen molar-refractivity contribution in [1.82, 2.24) is 24.1 Å². The quantitative estimate of drug-likeness (QED) is 0.367. The van der Waals surface area contributed by atoms with E-state index in [0.29, 0.717) is 26.3 Å². The number of hydrogen-bond acceptors (Lipinski definition) is 5. The summed E-state index contributed by atoms with van der Waals surface area (Å²) < 4.78 is 15.0. The minimum Gasteiger partial charge on any atom is -0.383 e. The number of aromatic nitrogens is 5. The average molecular weight is 428 g/mol. The van der Waals surface area contributed by atoms with Crippen LogP contribution in [-0.4, -0.2) is 51.5 Å². The first-order valence-corrected chi connectivity index (χ1v) is 10.7. The summed E-state index contributed by atoms with van der Waals surface area (Å²) in [7, 11) is 3.42. The molecular formula is C25H25N5O2. The van der Waals surface area contributed by atoms with E-state index in [-0.39, 0.29) is 0 Å². The fourth-order valence-electron chi connectivity index (χ4n) is 4.04. The Morgan fingerprint density at radius 3 is 1.53 bits per heavy atom. The van der Waals surface area contributed by atoms with E-state index in [2.05, 4.69) is 21.3 Å². The summed E-state index contributed by atoms with van der Waals surface area (Å²) in [5, 5.41) is 0.